The first-order valence-electron chi connectivity index (χ1n) is 6.75. The zero-order chi connectivity index (χ0) is 13.0. The van der Waals surface area contributed by atoms with Crippen molar-refractivity contribution >= 4 is 5.97 Å². The van der Waals surface area contributed by atoms with E-state index >= 15 is 0 Å². The molecule has 0 aliphatic heterocycles. The highest BCUT2D eigenvalue weighted by atomic mass is 16.5. The van der Waals surface area contributed by atoms with Crippen LogP contribution in [0.1, 0.15) is 53.4 Å². The second-order valence-corrected chi connectivity index (χ2v) is 5.96. The SMILES string of the molecule is C=C(C)[C@H]1CC[C@H](C)[C@@H](OC(=O)CC(C)C)C1. The molecule has 1 saturated carbocycles. The Balaban J connectivity index is 2.50. The van der Waals surface area contributed by atoms with E-state index in [1.807, 2.05) is 13.8 Å². The number of hydrogen-bond donors (Lipinski definition) is 0. The fourth-order valence-electron chi connectivity index (χ4n) is 2.44. The molecule has 3 atom stereocenters. The van der Waals surface area contributed by atoms with Gasteiger partial charge in [-0.2, -0.15) is 0 Å². The Hall–Kier alpha value is -0.790. The summed E-state index contributed by atoms with van der Waals surface area (Å²) in [5.74, 6) is 1.35. The summed E-state index contributed by atoms with van der Waals surface area (Å²) in [7, 11) is 0. The zero-order valence-electron chi connectivity index (χ0n) is 11.7. The summed E-state index contributed by atoms with van der Waals surface area (Å²) in [4.78, 5) is 11.7. The van der Waals surface area contributed by atoms with Crippen LogP contribution in [0, 0.1) is 17.8 Å². The number of carbonyl (C=O) groups excluding carboxylic acids is 1. The van der Waals surface area contributed by atoms with Crippen LogP contribution in [-0.4, -0.2) is 12.1 Å². The van der Waals surface area contributed by atoms with Crippen molar-refractivity contribution in [2.45, 2.75) is 59.5 Å². The van der Waals surface area contributed by atoms with E-state index in [1.165, 1.54) is 12.0 Å². The van der Waals surface area contributed by atoms with Gasteiger partial charge in [-0.15, -0.1) is 0 Å². The van der Waals surface area contributed by atoms with Gasteiger partial charge in [0.05, 0.1) is 0 Å². The molecule has 0 aromatic heterocycles. The fourth-order valence-corrected chi connectivity index (χ4v) is 2.44. The van der Waals surface area contributed by atoms with Gasteiger partial charge < -0.3 is 4.74 Å². The lowest BCUT2D eigenvalue weighted by Crippen LogP contribution is -2.32. The number of allylic oxidation sites excluding steroid dienone is 1. The van der Waals surface area contributed by atoms with Gasteiger partial charge in [-0.05, 0) is 43.9 Å². The minimum absolute atomic E-state index is 0.0424. The highest BCUT2D eigenvalue weighted by Crippen LogP contribution is 2.34. The molecule has 0 radical (unpaired) electrons. The van der Waals surface area contributed by atoms with Crippen LogP contribution in [0.4, 0.5) is 0 Å². The Kier molecular flexibility index (Phi) is 5.23. The van der Waals surface area contributed by atoms with Crippen LogP contribution in [0.5, 0.6) is 0 Å². The third-order valence-corrected chi connectivity index (χ3v) is 3.68. The molecule has 0 spiro atoms. The topological polar surface area (TPSA) is 26.3 Å². The first-order chi connectivity index (χ1) is 7.90. The standard InChI is InChI=1S/C15H26O2/c1-10(2)8-15(16)17-14-9-13(11(3)4)7-6-12(14)5/h10,12-14H,3,6-9H2,1-2,4-5H3/t12-,13-,14-/m0/s1. The maximum absolute atomic E-state index is 11.7. The normalized spacial score (nSPS) is 29.1. The molecular weight excluding hydrogens is 212 g/mol. The van der Waals surface area contributed by atoms with E-state index in [0.29, 0.717) is 24.2 Å². The van der Waals surface area contributed by atoms with Crippen LogP contribution < -0.4 is 0 Å². The minimum atomic E-state index is -0.0424. The van der Waals surface area contributed by atoms with Crippen molar-refractivity contribution in [2.24, 2.45) is 17.8 Å². The second kappa shape index (κ2) is 6.23. The first kappa shape index (κ1) is 14.3. The van der Waals surface area contributed by atoms with Gasteiger partial charge in [0.25, 0.3) is 0 Å². The number of carbonyl (C=O) groups is 1. The molecule has 0 amide bonds. The van der Waals surface area contributed by atoms with Gasteiger partial charge in [0, 0.05) is 6.42 Å². The molecule has 1 aliphatic carbocycles. The second-order valence-electron chi connectivity index (χ2n) is 5.96. The molecule has 1 rings (SSSR count). The van der Waals surface area contributed by atoms with Crippen molar-refractivity contribution in [3.63, 3.8) is 0 Å². The first-order valence-corrected chi connectivity index (χ1v) is 6.75. The molecule has 0 N–H and O–H groups in total. The van der Waals surface area contributed by atoms with E-state index < -0.39 is 0 Å². The zero-order valence-corrected chi connectivity index (χ0v) is 11.7. The smallest absolute Gasteiger partial charge is 0.306 e. The maximum atomic E-state index is 11.7. The van der Waals surface area contributed by atoms with E-state index in [-0.39, 0.29) is 12.1 Å². The van der Waals surface area contributed by atoms with Gasteiger partial charge in [-0.25, -0.2) is 0 Å². The molecule has 0 saturated heterocycles. The Bertz CT molecular complexity index is 281. The molecular formula is C15H26O2. The van der Waals surface area contributed by atoms with Crippen molar-refractivity contribution in [2.75, 3.05) is 0 Å². The molecule has 17 heavy (non-hydrogen) atoms. The van der Waals surface area contributed by atoms with Crippen LogP contribution in [-0.2, 0) is 9.53 Å². The van der Waals surface area contributed by atoms with Crippen LogP contribution in [0.25, 0.3) is 0 Å². The molecule has 0 heterocycles. The average molecular weight is 238 g/mol. The predicted molar refractivity (Wildman–Crippen MR) is 70.7 cm³/mol. The Labute approximate surface area is 105 Å². The highest BCUT2D eigenvalue weighted by Gasteiger charge is 2.30. The third-order valence-electron chi connectivity index (χ3n) is 3.68. The summed E-state index contributed by atoms with van der Waals surface area (Å²) in [6, 6.07) is 0. The van der Waals surface area contributed by atoms with E-state index in [4.69, 9.17) is 4.74 Å². The largest absolute Gasteiger partial charge is 0.462 e. The van der Waals surface area contributed by atoms with E-state index in [9.17, 15) is 4.79 Å². The monoisotopic (exact) mass is 238 g/mol. The van der Waals surface area contributed by atoms with E-state index in [0.717, 1.165) is 12.8 Å². The van der Waals surface area contributed by atoms with Gasteiger partial charge in [0.2, 0.25) is 0 Å². The van der Waals surface area contributed by atoms with Crippen molar-refractivity contribution < 1.29 is 9.53 Å². The van der Waals surface area contributed by atoms with Crippen molar-refractivity contribution in [3.05, 3.63) is 12.2 Å². The molecule has 0 unspecified atom stereocenters. The molecule has 2 heteroatoms. The van der Waals surface area contributed by atoms with Gasteiger partial charge in [-0.1, -0.05) is 32.9 Å². The van der Waals surface area contributed by atoms with Crippen molar-refractivity contribution in [3.8, 4) is 0 Å². The lowest BCUT2D eigenvalue weighted by Gasteiger charge is -2.34. The van der Waals surface area contributed by atoms with Crippen LogP contribution in [0.15, 0.2) is 12.2 Å². The molecule has 0 aromatic rings. The number of rotatable bonds is 4. The summed E-state index contributed by atoms with van der Waals surface area (Å²) < 4.78 is 5.61. The lowest BCUT2D eigenvalue weighted by atomic mass is 9.78. The molecule has 1 aliphatic rings. The lowest BCUT2D eigenvalue weighted by molar-refractivity contribution is -0.154. The predicted octanol–water partition coefficient (Wildman–Crippen LogP) is 3.96. The summed E-state index contributed by atoms with van der Waals surface area (Å²) in [5.41, 5.74) is 1.22. The van der Waals surface area contributed by atoms with Crippen LogP contribution in [0.2, 0.25) is 0 Å². The summed E-state index contributed by atoms with van der Waals surface area (Å²) >= 11 is 0. The number of esters is 1. The van der Waals surface area contributed by atoms with Crippen LogP contribution >= 0.6 is 0 Å². The molecule has 2 nitrogen and oxygen atoms in total. The number of hydrogen-bond acceptors (Lipinski definition) is 2. The quantitative estimate of drug-likeness (QED) is 0.547. The molecule has 98 valence electrons. The van der Waals surface area contributed by atoms with Crippen molar-refractivity contribution in [1.82, 2.24) is 0 Å². The van der Waals surface area contributed by atoms with Gasteiger partial charge in [0.15, 0.2) is 0 Å². The molecule has 0 bridgehead atoms. The average Bonchev–Trinajstić information content (AvgIpc) is 2.19. The van der Waals surface area contributed by atoms with Crippen LogP contribution in [0.3, 0.4) is 0 Å². The summed E-state index contributed by atoms with van der Waals surface area (Å²) in [6.07, 6.45) is 3.91. The molecule has 1 fully saturated rings. The summed E-state index contributed by atoms with van der Waals surface area (Å²) in [6.45, 7) is 12.4. The molecule has 0 aromatic carbocycles. The Morgan fingerprint density at radius 3 is 2.59 bits per heavy atom. The Morgan fingerprint density at radius 1 is 1.41 bits per heavy atom. The highest BCUT2D eigenvalue weighted by molar-refractivity contribution is 5.69. The van der Waals surface area contributed by atoms with Gasteiger partial charge in [0.1, 0.15) is 6.10 Å². The minimum Gasteiger partial charge on any atom is -0.462 e. The third kappa shape index (κ3) is 4.53. The summed E-state index contributed by atoms with van der Waals surface area (Å²) in [5, 5.41) is 0. The van der Waals surface area contributed by atoms with Crippen molar-refractivity contribution in [1.29, 1.82) is 0 Å². The maximum Gasteiger partial charge on any atom is 0.306 e. The van der Waals surface area contributed by atoms with E-state index in [1.54, 1.807) is 0 Å². The number of ether oxygens (including phenoxy) is 1. The van der Waals surface area contributed by atoms with Gasteiger partial charge >= 0.3 is 5.97 Å². The van der Waals surface area contributed by atoms with E-state index in [2.05, 4.69) is 20.4 Å². The Morgan fingerprint density at radius 2 is 2.06 bits per heavy atom. The van der Waals surface area contributed by atoms with Gasteiger partial charge in [-0.3, -0.25) is 4.79 Å². The fraction of sp³-hybridized carbons (Fsp3) is 0.800.